The Labute approximate surface area is 132 Å². The first-order chi connectivity index (χ1) is 2.41. The molecule has 0 unspecified atom stereocenters. The van der Waals surface area contributed by atoms with Crippen molar-refractivity contribution in [3.63, 3.8) is 0 Å². The van der Waals surface area contributed by atoms with Crippen LogP contribution in [0.3, 0.4) is 0 Å². The SMILES string of the molecule is C=O.[K+].[K+].[O-]S[O-]. The van der Waals surface area contributed by atoms with Crippen LogP contribution < -0.4 is 103 Å². The Bertz CT molecular complexity index is 16.9. The summed E-state index contributed by atoms with van der Waals surface area (Å²) in [5, 5.41) is 0. The summed E-state index contributed by atoms with van der Waals surface area (Å²) < 4.78 is 16.6. The van der Waals surface area contributed by atoms with Crippen LogP contribution in [-0.4, -0.2) is 15.9 Å². The maximum absolute atomic E-state index is 8.29. The summed E-state index contributed by atoms with van der Waals surface area (Å²) in [6.07, 6.45) is 0. The van der Waals surface area contributed by atoms with Gasteiger partial charge in [-0.1, -0.05) is 0 Å². The Morgan fingerprint density at radius 1 is 1.14 bits per heavy atom. The summed E-state index contributed by atoms with van der Waals surface area (Å²) in [4.78, 5) is 8.00. The van der Waals surface area contributed by atoms with Crippen LogP contribution in [0.4, 0.5) is 0 Å². The van der Waals surface area contributed by atoms with Crippen molar-refractivity contribution >= 4 is 19.1 Å². The molecular weight excluding hydrogens is 170 g/mol. The van der Waals surface area contributed by atoms with Gasteiger partial charge in [-0.25, -0.2) is 0 Å². The predicted molar refractivity (Wildman–Crippen MR) is 16.3 cm³/mol. The molecule has 0 heterocycles. The van der Waals surface area contributed by atoms with Gasteiger partial charge in [-0.3, -0.25) is 0 Å². The van der Waals surface area contributed by atoms with E-state index in [1.807, 2.05) is 6.79 Å². The van der Waals surface area contributed by atoms with Crippen molar-refractivity contribution in [2.45, 2.75) is 0 Å². The Kier molecular flexibility index (Phi) is 112. The minimum absolute atomic E-state index is 0. The fourth-order valence-electron chi connectivity index (χ4n) is 0. The van der Waals surface area contributed by atoms with E-state index < -0.39 is 12.3 Å². The standard InChI is InChI=1S/CH2O.2K.H2O2S/c1-2;;;1-3-2/h1H2;;;1-2H/q;2*+1;/p-2. The third kappa shape index (κ3) is 46.4. The molecule has 32 valence electrons. The second-order valence-electron chi connectivity index (χ2n) is 0.0680. The molecule has 0 rings (SSSR count). The van der Waals surface area contributed by atoms with Gasteiger partial charge in [-0.05, 0) is 0 Å². The molecule has 0 aliphatic rings. The quantitative estimate of drug-likeness (QED) is 0.269. The molecule has 6 heteroatoms. The fourth-order valence-corrected chi connectivity index (χ4v) is 0. The second-order valence-corrected chi connectivity index (χ2v) is 0.204. The Balaban J connectivity index is -0.0000000105. The molecule has 0 atom stereocenters. The summed E-state index contributed by atoms with van der Waals surface area (Å²) >= 11 is -0.750. The molecule has 0 N–H and O–H groups in total. The summed E-state index contributed by atoms with van der Waals surface area (Å²) in [6.45, 7) is 2.00. The van der Waals surface area contributed by atoms with E-state index in [1.54, 1.807) is 0 Å². The number of carbonyl (C=O) groups is 1. The van der Waals surface area contributed by atoms with Crippen LogP contribution in [0.2, 0.25) is 0 Å². The fraction of sp³-hybridized carbons (Fsp3) is 0. The van der Waals surface area contributed by atoms with Crippen molar-refractivity contribution in [3.8, 4) is 0 Å². The molecule has 0 aromatic carbocycles. The van der Waals surface area contributed by atoms with Crippen LogP contribution in [0.15, 0.2) is 0 Å². The molecule has 0 saturated carbocycles. The Hall–Kier alpha value is 3.21. The predicted octanol–water partition coefficient (Wildman–Crippen LogP) is -6.20. The first-order valence-corrected chi connectivity index (χ1v) is 1.29. The van der Waals surface area contributed by atoms with Crippen LogP contribution in [0, 0.1) is 0 Å². The topological polar surface area (TPSA) is 63.2 Å². The molecule has 0 saturated heterocycles. The number of hydrogen-bond donors (Lipinski definition) is 0. The maximum Gasteiger partial charge on any atom is 1.00 e. The number of carbonyl (C=O) groups excluding carboxylic acids is 1. The summed E-state index contributed by atoms with van der Waals surface area (Å²) in [7, 11) is 0. The van der Waals surface area contributed by atoms with Gasteiger partial charge in [0.15, 0.2) is 0 Å². The Morgan fingerprint density at radius 2 is 1.14 bits per heavy atom. The molecule has 7 heavy (non-hydrogen) atoms. The maximum atomic E-state index is 8.29. The minimum Gasteiger partial charge on any atom is -0.811 e. The Morgan fingerprint density at radius 3 is 1.14 bits per heavy atom. The first kappa shape index (κ1) is 22.5. The minimum atomic E-state index is -0.750. The third-order valence-corrected chi connectivity index (χ3v) is 0. The first-order valence-electron chi connectivity index (χ1n) is 0.622. The molecule has 0 spiro atoms. The van der Waals surface area contributed by atoms with Gasteiger partial charge in [0.2, 0.25) is 0 Å². The molecule has 0 fully saturated rings. The van der Waals surface area contributed by atoms with Crippen molar-refractivity contribution in [1.82, 2.24) is 0 Å². The second kappa shape index (κ2) is 35.0. The van der Waals surface area contributed by atoms with Gasteiger partial charge >= 0.3 is 103 Å². The molecule has 0 aromatic heterocycles. The molecule has 0 radical (unpaired) electrons. The van der Waals surface area contributed by atoms with E-state index in [9.17, 15) is 0 Å². The molecule has 0 bridgehead atoms. The van der Waals surface area contributed by atoms with Crippen LogP contribution in [0.1, 0.15) is 0 Å². The molecular formula is CH2K2O3S. The summed E-state index contributed by atoms with van der Waals surface area (Å²) in [6, 6.07) is 0. The van der Waals surface area contributed by atoms with Gasteiger partial charge in [-0.15, -0.1) is 0 Å². The third-order valence-electron chi connectivity index (χ3n) is 0. The number of rotatable bonds is 0. The summed E-state index contributed by atoms with van der Waals surface area (Å²) in [5.41, 5.74) is 0. The van der Waals surface area contributed by atoms with E-state index in [1.165, 1.54) is 0 Å². The smallest absolute Gasteiger partial charge is 0.811 e. The van der Waals surface area contributed by atoms with E-state index in [4.69, 9.17) is 13.9 Å². The van der Waals surface area contributed by atoms with Gasteiger partial charge in [0.05, 0.1) is 0 Å². The van der Waals surface area contributed by atoms with Gasteiger partial charge in [0, 0.05) is 0 Å². The van der Waals surface area contributed by atoms with E-state index in [0.29, 0.717) is 0 Å². The van der Waals surface area contributed by atoms with Crippen LogP contribution in [0.5, 0.6) is 0 Å². The van der Waals surface area contributed by atoms with E-state index >= 15 is 0 Å². The van der Waals surface area contributed by atoms with E-state index in [0.717, 1.165) is 0 Å². The summed E-state index contributed by atoms with van der Waals surface area (Å²) in [5.74, 6) is 0. The van der Waals surface area contributed by atoms with E-state index in [-0.39, 0.29) is 103 Å². The average molecular weight is 172 g/mol. The zero-order valence-corrected chi connectivity index (χ0v) is 11.4. The normalized spacial score (nSPS) is 3.14. The molecule has 0 aromatic rings. The van der Waals surface area contributed by atoms with Crippen molar-refractivity contribution in [1.29, 1.82) is 0 Å². The zero-order valence-electron chi connectivity index (χ0n) is 4.34. The van der Waals surface area contributed by atoms with E-state index in [2.05, 4.69) is 0 Å². The van der Waals surface area contributed by atoms with Crippen molar-refractivity contribution < 1.29 is 117 Å². The number of hydrogen-bond acceptors (Lipinski definition) is 4. The van der Waals surface area contributed by atoms with Crippen LogP contribution in [0.25, 0.3) is 0 Å². The molecule has 0 aliphatic heterocycles. The molecule has 3 nitrogen and oxygen atoms in total. The monoisotopic (exact) mass is 172 g/mol. The van der Waals surface area contributed by atoms with Gasteiger partial charge < -0.3 is 26.2 Å². The average Bonchev–Trinajstić information content (AvgIpc) is 1.46. The van der Waals surface area contributed by atoms with Crippen molar-refractivity contribution in [2.75, 3.05) is 0 Å². The van der Waals surface area contributed by atoms with Crippen LogP contribution in [-0.2, 0) is 4.79 Å². The van der Waals surface area contributed by atoms with Gasteiger partial charge in [0.1, 0.15) is 6.79 Å². The van der Waals surface area contributed by atoms with Crippen LogP contribution >= 0.6 is 12.3 Å². The molecule has 0 amide bonds. The molecule has 0 aliphatic carbocycles. The van der Waals surface area contributed by atoms with Gasteiger partial charge in [0.25, 0.3) is 0 Å². The zero-order chi connectivity index (χ0) is 4.71. The van der Waals surface area contributed by atoms with Gasteiger partial charge in [-0.2, -0.15) is 0 Å². The van der Waals surface area contributed by atoms with Crippen molar-refractivity contribution in [3.05, 3.63) is 0 Å². The van der Waals surface area contributed by atoms with Crippen molar-refractivity contribution in [2.24, 2.45) is 0 Å². The largest absolute Gasteiger partial charge is 1.00 e.